The molecule has 9 heteroatoms. The third kappa shape index (κ3) is 5.83. The van der Waals surface area contributed by atoms with Gasteiger partial charge in [0, 0.05) is 22.2 Å². The van der Waals surface area contributed by atoms with Crippen LogP contribution >= 0.6 is 23.1 Å². The first kappa shape index (κ1) is 23.5. The summed E-state index contributed by atoms with van der Waals surface area (Å²) in [5.41, 5.74) is 2.01. The number of nitrogens with one attached hydrogen (secondary N) is 3. The van der Waals surface area contributed by atoms with E-state index in [0.717, 1.165) is 36.1 Å². The number of anilines is 1. The number of carbonyl (C=O) groups is 2. The standard InChI is InChI=1S/C24H28N4O3S2/c1-4-13(2)10-18-14(3)33-23-20(18)22(31)27-24(28-23)32-12-19(29)25-17-7-5-6-15(11-17)21(30)26-16-8-9-16/h5-7,11,13,16H,4,8-10,12H2,1-3H3,(H,25,29)(H,26,30)(H,27,28,31). The fourth-order valence-electron chi connectivity index (χ4n) is 3.53. The number of thioether (sulfide) groups is 1. The molecule has 1 aliphatic rings. The van der Waals surface area contributed by atoms with Crippen LogP contribution in [0.3, 0.4) is 0 Å². The average molecular weight is 485 g/mol. The Balaban J connectivity index is 1.40. The molecule has 0 radical (unpaired) electrons. The van der Waals surface area contributed by atoms with Gasteiger partial charge >= 0.3 is 0 Å². The van der Waals surface area contributed by atoms with Crippen molar-refractivity contribution in [2.75, 3.05) is 11.1 Å². The minimum Gasteiger partial charge on any atom is -0.349 e. The normalized spacial score (nSPS) is 14.3. The summed E-state index contributed by atoms with van der Waals surface area (Å²) < 4.78 is 0. The number of hydrogen-bond donors (Lipinski definition) is 3. The molecule has 0 bridgehead atoms. The number of thiophene rings is 1. The topological polar surface area (TPSA) is 104 Å². The zero-order valence-corrected chi connectivity index (χ0v) is 20.6. The highest BCUT2D eigenvalue weighted by atomic mass is 32.2. The summed E-state index contributed by atoms with van der Waals surface area (Å²) in [5.74, 6) is 0.230. The molecule has 0 aliphatic heterocycles. The Morgan fingerprint density at radius 1 is 1.33 bits per heavy atom. The lowest BCUT2D eigenvalue weighted by atomic mass is 9.98. The van der Waals surface area contributed by atoms with Crippen LogP contribution in [0.4, 0.5) is 5.69 Å². The van der Waals surface area contributed by atoms with Gasteiger partial charge in [-0.2, -0.15) is 0 Å². The van der Waals surface area contributed by atoms with Crippen LogP contribution in [-0.2, 0) is 11.2 Å². The van der Waals surface area contributed by atoms with E-state index in [2.05, 4.69) is 34.4 Å². The van der Waals surface area contributed by atoms with Crippen molar-refractivity contribution in [2.45, 2.75) is 57.7 Å². The number of carbonyl (C=O) groups excluding carboxylic acids is 2. The van der Waals surface area contributed by atoms with E-state index < -0.39 is 0 Å². The van der Waals surface area contributed by atoms with E-state index in [1.165, 1.54) is 23.1 Å². The summed E-state index contributed by atoms with van der Waals surface area (Å²) in [5, 5.41) is 6.85. The molecule has 1 aromatic carbocycles. The quantitative estimate of drug-likeness (QED) is 0.306. The minimum absolute atomic E-state index is 0.0943. The molecule has 2 amide bonds. The van der Waals surface area contributed by atoms with E-state index in [1.807, 2.05) is 6.92 Å². The van der Waals surface area contributed by atoms with Gasteiger partial charge < -0.3 is 15.6 Å². The van der Waals surface area contributed by atoms with Crippen molar-refractivity contribution in [2.24, 2.45) is 5.92 Å². The van der Waals surface area contributed by atoms with Gasteiger partial charge in [0.25, 0.3) is 11.5 Å². The zero-order valence-electron chi connectivity index (χ0n) is 19.0. The van der Waals surface area contributed by atoms with Crippen LogP contribution in [-0.4, -0.2) is 33.6 Å². The smallest absolute Gasteiger partial charge is 0.260 e. The van der Waals surface area contributed by atoms with Crippen LogP contribution in [0.25, 0.3) is 10.2 Å². The third-order valence-electron chi connectivity index (χ3n) is 5.75. The highest BCUT2D eigenvalue weighted by molar-refractivity contribution is 7.99. The van der Waals surface area contributed by atoms with Crippen molar-refractivity contribution in [3.8, 4) is 0 Å². The SMILES string of the molecule is CCC(C)Cc1c(C)sc2nc(SCC(=O)Nc3cccc(C(=O)NC4CC4)c3)[nH]c(=O)c12. The summed E-state index contributed by atoms with van der Waals surface area (Å²) in [4.78, 5) is 46.7. The molecule has 3 aromatic rings. The minimum atomic E-state index is -0.234. The number of amides is 2. The van der Waals surface area contributed by atoms with Gasteiger partial charge in [-0.05, 0) is 55.9 Å². The lowest BCUT2D eigenvalue weighted by Gasteiger charge is -2.08. The molecule has 33 heavy (non-hydrogen) atoms. The molecular formula is C24H28N4O3S2. The molecule has 3 N–H and O–H groups in total. The van der Waals surface area contributed by atoms with Crippen LogP contribution < -0.4 is 16.2 Å². The number of nitrogens with zero attached hydrogens (tertiary/aromatic N) is 1. The Kier molecular flexibility index (Phi) is 7.19. The molecule has 0 saturated heterocycles. The zero-order chi connectivity index (χ0) is 23.5. The summed E-state index contributed by atoms with van der Waals surface area (Å²) in [6, 6.07) is 7.16. The van der Waals surface area contributed by atoms with Gasteiger partial charge in [0.2, 0.25) is 5.91 Å². The predicted octanol–water partition coefficient (Wildman–Crippen LogP) is 4.50. The number of H-pyrrole nitrogens is 1. The van der Waals surface area contributed by atoms with Crippen LogP contribution in [0.1, 0.15) is 53.9 Å². The van der Waals surface area contributed by atoms with Crippen LogP contribution in [0.2, 0.25) is 0 Å². The monoisotopic (exact) mass is 484 g/mol. The largest absolute Gasteiger partial charge is 0.349 e. The fraction of sp³-hybridized carbons (Fsp3) is 0.417. The fourth-order valence-corrected chi connectivity index (χ4v) is 5.30. The number of aromatic amines is 1. The van der Waals surface area contributed by atoms with E-state index in [0.29, 0.717) is 32.5 Å². The van der Waals surface area contributed by atoms with Gasteiger partial charge in [-0.3, -0.25) is 14.4 Å². The molecule has 1 fully saturated rings. The second kappa shape index (κ2) is 10.1. The van der Waals surface area contributed by atoms with Crippen molar-refractivity contribution in [1.82, 2.24) is 15.3 Å². The lowest BCUT2D eigenvalue weighted by Crippen LogP contribution is -2.25. The molecule has 7 nitrogen and oxygen atoms in total. The summed E-state index contributed by atoms with van der Waals surface area (Å²) in [7, 11) is 0. The number of hydrogen-bond acceptors (Lipinski definition) is 6. The molecule has 4 rings (SSSR count). The number of benzene rings is 1. The molecule has 2 heterocycles. The molecule has 1 aliphatic carbocycles. The Labute approximate surface area is 200 Å². The maximum Gasteiger partial charge on any atom is 0.260 e. The third-order valence-corrected chi connectivity index (χ3v) is 7.67. The molecule has 1 saturated carbocycles. The Morgan fingerprint density at radius 2 is 2.12 bits per heavy atom. The molecule has 1 atom stereocenters. The number of aromatic nitrogens is 2. The van der Waals surface area contributed by atoms with Crippen molar-refractivity contribution in [3.05, 3.63) is 50.6 Å². The molecule has 1 unspecified atom stereocenters. The Morgan fingerprint density at radius 3 is 2.85 bits per heavy atom. The first-order chi connectivity index (χ1) is 15.8. The molecule has 174 valence electrons. The van der Waals surface area contributed by atoms with Gasteiger partial charge in [0.15, 0.2) is 5.16 Å². The van der Waals surface area contributed by atoms with Gasteiger partial charge in [0.05, 0.1) is 11.1 Å². The number of fused-ring (bicyclic) bond motifs is 1. The maximum atomic E-state index is 12.8. The van der Waals surface area contributed by atoms with Crippen molar-refractivity contribution in [3.63, 3.8) is 0 Å². The summed E-state index contributed by atoms with van der Waals surface area (Å²) in [6.07, 6.45) is 3.95. The van der Waals surface area contributed by atoms with Gasteiger partial charge in [0.1, 0.15) is 4.83 Å². The van der Waals surface area contributed by atoms with Gasteiger partial charge in [-0.15, -0.1) is 11.3 Å². The molecular weight excluding hydrogens is 456 g/mol. The van der Waals surface area contributed by atoms with E-state index in [4.69, 9.17) is 0 Å². The lowest BCUT2D eigenvalue weighted by molar-refractivity contribution is -0.113. The second-order valence-corrected chi connectivity index (χ2v) is 10.7. The van der Waals surface area contributed by atoms with E-state index in [9.17, 15) is 14.4 Å². The number of rotatable bonds is 9. The van der Waals surface area contributed by atoms with Crippen LogP contribution in [0, 0.1) is 12.8 Å². The predicted molar refractivity (Wildman–Crippen MR) is 134 cm³/mol. The van der Waals surface area contributed by atoms with E-state index in [-0.39, 0.29) is 29.2 Å². The van der Waals surface area contributed by atoms with Gasteiger partial charge in [-0.1, -0.05) is 38.1 Å². The summed E-state index contributed by atoms with van der Waals surface area (Å²) in [6.45, 7) is 6.36. The summed E-state index contributed by atoms with van der Waals surface area (Å²) >= 11 is 2.71. The Bertz CT molecular complexity index is 1250. The van der Waals surface area contributed by atoms with Crippen molar-refractivity contribution < 1.29 is 9.59 Å². The first-order valence-electron chi connectivity index (χ1n) is 11.2. The van der Waals surface area contributed by atoms with Crippen molar-refractivity contribution >= 4 is 50.8 Å². The van der Waals surface area contributed by atoms with Crippen LogP contribution in [0.15, 0.2) is 34.2 Å². The van der Waals surface area contributed by atoms with E-state index >= 15 is 0 Å². The van der Waals surface area contributed by atoms with Gasteiger partial charge in [-0.25, -0.2) is 4.98 Å². The van der Waals surface area contributed by atoms with E-state index in [1.54, 1.807) is 24.3 Å². The second-order valence-electron chi connectivity index (χ2n) is 8.57. The maximum absolute atomic E-state index is 12.8. The highest BCUT2D eigenvalue weighted by Gasteiger charge is 2.24. The number of aryl methyl sites for hydroxylation is 1. The molecule has 0 spiro atoms. The highest BCUT2D eigenvalue weighted by Crippen LogP contribution is 2.30. The average Bonchev–Trinajstić information content (AvgIpc) is 3.54. The first-order valence-corrected chi connectivity index (χ1v) is 13.0. The van der Waals surface area contributed by atoms with Crippen LogP contribution in [0.5, 0.6) is 0 Å². The van der Waals surface area contributed by atoms with Crippen molar-refractivity contribution in [1.29, 1.82) is 0 Å². The Hall–Kier alpha value is -2.65. The molecule has 2 aromatic heterocycles.